The molecule has 120 valence electrons. The average Bonchev–Trinajstić information content (AvgIpc) is 2.42. The number of carbonyl (C=O) groups excluding carboxylic acids is 1. The predicted octanol–water partition coefficient (Wildman–Crippen LogP) is 1.52. The lowest BCUT2D eigenvalue weighted by atomic mass is 9.85. The Morgan fingerprint density at radius 2 is 1.86 bits per heavy atom. The second kappa shape index (κ2) is 7.85. The number of aliphatic carboxylic acids is 2. The van der Waals surface area contributed by atoms with Crippen LogP contribution in [-0.4, -0.2) is 52.2 Å². The molecule has 1 rings (SSSR count). The van der Waals surface area contributed by atoms with Gasteiger partial charge in [-0.25, -0.2) is 9.59 Å². The van der Waals surface area contributed by atoms with Gasteiger partial charge in [-0.1, -0.05) is 19.8 Å². The lowest BCUT2D eigenvalue weighted by molar-refractivity contribution is -0.140. The fourth-order valence-corrected chi connectivity index (χ4v) is 2.80. The molecule has 7 heteroatoms. The van der Waals surface area contributed by atoms with Crippen molar-refractivity contribution in [3.63, 3.8) is 0 Å². The molecule has 3 atom stereocenters. The number of carbonyl (C=O) groups is 3. The van der Waals surface area contributed by atoms with Gasteiger partial charge in [-0.2, -0.15) is 0 Å². The van der Waals surface area contributed by atoms with Crippen LogP contribution < -0.4 is 5.32 Å². The van der Waals surface area contributed by atoms with E-state index < -0.39 is 24.0 Å². The van der Waals surface area contributed by atoms with Gasteiger partial charge >= 0.3 is 18.0 Å². The lowest BCUT2D eigenvalue weighted by Gasteiger charge is -2.36. The van der Waals surface area contributed by atoms with Crippen molar-refractivity contribution in [2.75, 3.05) is 7.05 Å². The van der Waals surface area contributed by atoms with Crippen molar-refractivity contribution >= 4 is 18.0 Å². The molecule has 0 aliphatic heterocycles. The quantitative estimate of drug-likeness (QED) is 0.689. The number of hydrogen-bond donors (Lipinski definition) is 3. The van der Waals surface area contributed by atoms with Crippen molar-refractivity contribution in [1.29, 1.82) is 0 Å². The number of rotatable bonds is 6. The SMILES string of the molecule is CC1CCCCC1N(C)C(=O)N[C@@H](CCC(=O)O)C(=O)O. The van der Waals surface area contributed by atoms with E-state index in [4.69, 9.17) is 10.2 Å². The summed E-state index contributed by atoms with van der Waals surface area (Å²) in [5.41, 5.74) is 0. The summed E-state index contributed by atoms with van der Waals surface area (Å²) in [5.74, 6) is -1.91. The summed E-state index contributed by atoms with van der Waals surface area (Å²) in [5, 5.41) is 20.1. The first-order valence-corrected chi connectivity index (χ1v) is 7.30. The lowest BCUT2D eigenvalue weighted by Crippen LogP contribution is -2.51. The number of nitrogens with zero attached hydrogens (tertiary/aromatic N) is 1. The summed E-state index contributed by atoms with van der Waals surface area (Å²) in [7, 11) is 1.66. The number of carboxylic acids is 2. The molecule has 2 amide bonds. The largest absolute Gasteiger partial charge is 0.481 e. The Balaban J connectivity index is 2.59. The van der Waals surface area contributed by atoms with Crippen LogP contribution in [0.4, 0.5) is 4.79 Å². The molecule has 0 heterocycles. The Morgan fingerprint density at radius 1 is 1.24 bits per heavy atom. The first-order valence-electron chi connectivity index (χ1n) is 7.30. The van der Waals surface area contributed by atoms with Crippen LogP contribution in [0.25, 0.3) is 0 Å². The van der Waals surface area contributed by atoms with E-state index >= 15 is 0 Å². The van der Waals surface area contributed by atoms with Crippen molar-refractivity contribution in [2.24, 2.45) is 5.92 Å². The fourth-order valence-electron chi connectivity index (χ4n) is 2.80. The summed E-state index contributed by atoms with van der Waals surface area (Å²) in [4.78, 5) is 35.3. The van der Waals surface area contributed by atoms with Crippen LogP contribution in [0, 0.1) is 5.92 Å². The topological polar surface area (TPSA) is 107 Å². The van der Waals surface area contributed by atoms with Gasteiger partial charge in [0.05, 0.1) is 0 Å². The van der Waals surface area contributed by atoms with E-state index in [1.54, 1.807) is 11.9 Å². The monoisotopic (exact) mass is 300 g/mol. The van der Waals surface area contributed by atoms with E-state index in [0.717, 1.165) is 25.7 Å². The maximum atomic E-state index is 12.2. The van der Waals surface area contributed by atoms with E-state index in [9.17, 15) is 14.4 Å². The molecule has 3 N–H and O–H groups in total. The average molecular weight is 300 g/mol. The van der Waals surface area contributed by atoms with Crippen LogP contribution in [-0.2, 0) is 9.59 Å². The molecule has 1 fully saturated rings. The minimum Gasteiger partial charge on any atom is -0.481 e. The number of amides is 2. The Kier molecular flexibility index (Phi) is 6.45. The Labute approximate surface area is 124 Å². The third-order valence-electron chi connectivity index (χ3n) is 4.13. The third kappa shape index (κ3) is 5.24. The number of carboxylic acid groups (broad SMARTS) is 2. The summed E-state index contributed by atoms with van der Waals surface area (Å²) in [6.07, 6.45) is 3.78. The molecule has 0 spiro atoms. The molecular weight excluding hydrogens is 276 g/mol. The van der Waals surface area contributed by atoms with Gasteiger partial charge in [0.2, 0.25) is 0 Å². The molecule has 1 saturated carbocycles. The van der Waals surface area contributed by atoms with Crippen LogP contribution in [0.2, 0.25) is 0 Å². The normalized spacial score (nSPS) is 23.1. The summed E-state index contributed by atoms with van der Waals surface area (Å²) in [6.45, 7) is 2.09. The highest BCUT2D eigenvalue weighted by Crippen LogP contribution is 2.27. The smallest absolute Gasteiger partial charge is 0.326 e. The molecule has 21 heavy (non-hydrogen) atoms. The van der Waals surface area contributed by atoms with Gasteiger partial charge in [-0.05, 0) is 25.2 Å². The van der Waals surface area contributed by atoms with Gasteiger partial charge in [0, 0.05) is 19.5 Å². The third-order valence-corrected chi connectivity index (χ3v) is 4.13. The zero-order valence-electron chi connectivity index (χ0n) is 12.5. The predicted molar refractivity (Wildman–Crippen MR) is 76.0 cm³/mol. The molecule has 0 saturated heterocycles. The van der Waals surface area contributed by atoms with Gasteiger partial charge in [0.25, 0.3) is 0 Å². The van der Waals surface area contributed by atoms with Crippen LogP contribution in [0.1, 0.15) is 45.4 Å². The van der Waals surface area contributed by atoms with Crippen molar-refractivity contribution in [1.82, 2.24) is 10.2 Å². The Morgan fingerprint density at radius 3 is 2.38 bits per heavy atom. The van der Waals surface area contributed by atoms with E-state index in [0.29, 0.717) is 5.92 Å². The summed E-state index contributed by atoms with van der Waals surface area (Å²) in [6, 6.07) is -1.52. The van der Waals surface area contributed by atoms with Crippen LogP contribution >= 0.6 is 0 Å². The Hall–Kier alpha value is -1.79. The number of urea groups is 1. The second-order valence-electron chi connectivity index (χ2n) is 5.71. The van der Waals surface area contributed by atoms with Crippen LogP contribution in [0.5, 0.6) is 0 Å². The van der Waals surface area contributed by atoms with Crippen molar-refractivity contribution < 1.29 is 24.6 Å². The van der Waals surface area contributed by atoms with E-state index in [1.165, 1.54) is 0 Å². The highest BCUT2D eigenvalue weighted by Gasteiger charge is 2.30. The highest BCUT2D eigenvalue weighted by molar-refractivity contribution is 5.83. The van der Waals surface area contributed by atoms with Gasteiger partial charge in [-0.15, -0.1) is 0 Å². The zero-order chi connectivity index (χ0) is 16.0. The molecule has 0 aromatic heterocycles. The fraction of sp³-hybridized carbons (Fsp3) is 0.786. The molecule has 7 nitrogen and oxygen atoms in total. The minimum absolute atomic E-state index is 0.104. The van der Waals surface area contributed by atoms with Crippen LogP contribution in [0.15, 0.2) is 0 Å². The molecule has 0 bridgehead atoms. The number of hydrogen-bond acceptors (Lipinski definition) is 3. The first-order chi connectivity index (χ1) is 9.82. The second-order valence-corrected chi connectivity index (χ2v) is 5.71. The Bertz CT molecular complexity index is 399. The minimum atomic E-state index is -1.21. The van der Waals surface area contributed by atoms with Gasteiger partial charge in [-0.3, -0.25) is 4.79 Å². The van der Waals surface area contributed by atoms with E-state index in [1.807, 2.05) is 0 Å². The molecule has 1 aliphatic carbocycles. The molecule has 0 aromatic rings. The molecular formula is C14H24N2O5. The van der Waals surface area contributed by atoms with Crippen molar-refractivity contribution in [3.8, 4) is 0 Å². The molecule has 2 unspecified atom stereocenters. The van der Waals surface area contributed by atoms with E-state index in [2.05, 4.69) is 12.2 Å². The van der Waals surface area contributed by atoms with Gasteiger partial charge in [0.1, 0.15) is 6.04 Å². The summed E-state index contributed by atoms with van der Waals surface area (Å²) < 4.78 is 0. The molecule has 1 aliphatic rings. The van der Waals surface area contributed by atoms with Crippen LogP contribution in [0.3, 0.4) is 0 Å². The van der Waals surface area contributed by atoms with Gasteiger partial charge in [0.15, 0.2) is 0 Å². The van der Waals surface area contributed by atoms with Crippen molar-refractivity contribution in [3.05, 3.63) is 0 Å². The van der Waals surface area contributed by atoms with Gasteiger partial charge < -0.3 is 20.4 Å². The van der Waals surface area contributed by atoms with E-state index in [-0.39, 0.29) is 18.9 Å². The zero-order valence-corrected chi connectivity index (χ0v) is 12.5. The maximum absolute atomic E-state index is 12.2. The van der Waals surface area contributed by atoms with Crippen molar-refractivity contribution in [2.45, 2.75) is 57.5 Å². The first kappa shape index (κ1) is 17.3. The summed E-state index contributed by atoms with van der Waals surface area (Å²) >= 11 is 0. The molecule has 0 aromatic carbocycles. The molecule has 0 radical (unpaired) electrons. The maximum Gasteiger partial charge on any atom is 0.326 e. The standard InChI is InChI=1S/C14H24N2O5/c1-9-5-3-4-6-11(9)16(2)14(21)15-10(13(19)20)7-8-12(17)18/h9-11H,3-8H2,1-2H3,(H,15,21)(H,17,18)(H,19,20)/t9?,10-,11?/m0/s1. The highest BCUT2D eigenvalue weighted by atomic mass is 16.4. The number of nitrogens with one attached hydrogen (secondary N) is 1.